The number of nitrogens with zero attached hydrogens (tertiary/aromatic N) is 1. The molecule has 3 aromatic rings. The van der Waals surface area contributed by atoms with Gasteiger partial charge in [-0.05, 0) is 36.2 Å². The topological polar surface area (TPSA) is 78.2 Å². The highest BCUT2D eigenvalue weighted by Gasteiger charge is 2.29. The van der Waals surface area contributed by atoms with E-state index in [0.29, 0.717) is 29.8 Å². The fraction of sp³-hybridized carbons (Fsp3) is 0.273. The van der Waals surface area contributed by atoms with E-state index in [4.69, 9.17) is 18.6 Å². The molecule has 1 amide bonds. The van der Waals surface area contributed by atoms with E-state index >= 15 is 0 Å². The minimum Gasteiger partial charge on any atom is -0.483 e. The Bertz CT molecular complexity index is 1140. The molecule has 0 radical (unpaired) electrons. The van der Waals surface area contributed by atoms with Crippen LogP contribution in [0.2, 0.25) is 0 Å². The van der Waals surface area contributed by atoms with E-state index in [9.17, 15) is 9.59 Å². The second kappa shape index (κ2) is 7.16. The van der Waals surface area contributed by atoms with Crippen LogP contribution in [0.3, 0.4) is 0 Å². The lowest BCUT2D eigenvalue weighted by Gasteiger charge is -2.17. The number of amides is 1. The minimum absolute atomic E-state index is 0.106. The molecule has 29 heavy (non-hydrogen) atoms. The van der Waals surface area contributed by atoms with Crippen molar-refractivity contribution < 1.29 is 23.4 Å². The van der Waals surface area contributed by atoms with E-state index in [2.05, 4.69) is 0 Å². The van der Waals surface area contributed by atoms with E-state index in [0.717, 1.165) is 23.5 Å². The summed E-state index contributed by atoms with van der Waals surface area (Å²) in [6, 6.07) is 14.3. The van der Waals surface area contributed by atoms with Gasteiger partial charge in [-0.2, -0.15) is 0 Å². The number of carbonyl (C=O) groups excluding carboxylic acids is 1. The molecule has 0 saturated carbocycles. The molecule has 0 spiro atoms. The molecule has 0 unspecified atom stereocenters. The van der Waals surface area contributed by atoms with Crippen molar-refractivity contribution in [2.45, 2.75) is 12.3 Å². The van der Waals surface area contributed by atoms with Gasteiger partial charge in [0.25, 0.3) is 5.91 Å². The molecule has 148 valence electrons. The van der Waals surface area contributed by atoms with Crippen LogP contribution in [0.4, 0.5) is 0 Å². The summed E-state index contributed by atoms with van der Waals surface area (Å²) in [4.78, 5) is 26.2. The highest BCUT2D eigenvalue weighted by atomic mass is 16.7. The maximum Gasteiger partial charge on any atom is 0.339 e. The fourth-order valence-corrected chi connectivity index (χ4v) is 3.86. The number of benzene rings is 2. The molecular formula is C22H19NO6. The second-order valence-electron chi connectivity index (χ2n) is 7.15. The summed E-state index contributed by atoms with van der Waals surface area (Å²) in [5.41, 5.74) is 1.07. The Hall–Kier alpha value is -3.48. The summed E-state index contributed by atoms with van der Waals surface area (Å²) >= 11 is 0. The van der Waals surface area contributed by atoms with Crippen molar-refractivity contribution in [2.75, 3.05) is 26.5 Å². The number of rotatable bonds is 4. The zero-order valence-electron chi connectivity index (χ0n) is 15.6. The molecule has 7 heteroatoms. The third-order valence-electron chi connectivity index (χ3n) is 5.37. The van der Waals surface area contributed by atoms with Crippen molar-refractivity contribution in [2.24, 2.45) is 0 Å². The Morgan fingerprint density at radius 1 is 1.10 bits per heavy atom. The summed E-state index contributed by atoms with van der Waals surface area (Å²) in [5, 5.41) is 0.666. The van der Waals surface area contributed by atoms with E-state index in [1.807, 2.05) is 24.3 Å². The smallest absolute Gasteiger partial charge is 0.339 e. The summed E-state index contributed by atoms with van der Waals surface area (Å²) in [6.07, 6.45) is 0.878. The minimum atomic E-state index is -0.504. The number of ether oxygens (including phenoxy) is 3. The van der Waals surface area contributed by atoms with Gasteiger partial charge in [-0.15, -0.1) is 0 Å². The van der Waals surface area contributed by atoms with Crippen molar-refractivity contribution >= 4 is 16.9 Å². The van der Waals surface area contributed by atoms with E-state index in [1.54, 1.807) is 23.1 Å². The third-order valence-corrected chi connectivity index (χ3v) is 5.37. The molecular weight excluding hydrogens is 374 g/mol. The van der Waals surface area contributed by atoms with E-state index < -0.39 is 5.63 Å². The van der Waals surface area contributed by atoms with Crippen molar-refractivity contribution in [1.29, 1.82) is 0 Å². The third kappa shape index (κ3) is 3.40. The summed E-state index contributed by atoms with van der Waals surface area (Å²) in [6.45, 7) is 1.41. The van der Waals surface area contributed by atoms with Gasteiger partial charge in [0, 0.05) is 19.0 Å². The largest absolute Gasteiger partial charge is 0.483 e. The first-order chi connectivity index (χ1) is 14.2. The average Bonchev–Trinajstić information content (AvgIpc) is 3.40. The molecule has 1 atom stereocenters. The zero-order valence-corrected chi connectivity index (χ0v) is 15.6. The van der Waals surface area contributed by atoms with Gasteiger partial charge in [0.05, 0.1) is 11.5 Å². The quantitative estimate of drug-likeness (QED) is 0.635. The van der Waals surface area contributed by atoms with E-state index in [-0.39, 0.29) is 25.2 Å². The molecule has 0 aliphatic carbocycles. The molecule has 3 heterocycles. The van der Waals surface area contributed by atoms with Crippen LogP contribution in [0.5, 0.6) is 17.2 Å². The number of carbonyl (C=O) groups is 1. The van der Waals surface area contributed by atoms with Crippen molar-refractivity contribution in [1.82, 2.24) is 4.90 Å². The highest BCUT2D eigenvalue weighted by Crippen LogP contribution is 2.37. The lowest BCUT2D eigenvalue weighted by atomic mass is 9.98. The van der Waals surface area contributed by atoms with Gasteiger partial charge < -0.3 is 23.5 Å². The predicted octanol–water partition coefficient (Wildman–Crippen LogP) is 2.92. The number of hydrogen-bond donors (Lipinski definition) is 0. The maximum absolute atomic E-state index is 12.7. The molecule has 2 aromatic carbocycles. The summed E-state index contributed by atoms with van der Waals surface area (Å²) < 4.78 is 21.6. The number of fused-ring (bicyclic) bond motifs is 2. The van der Waals surface area contributed by atoms with Crippen molar-refractivity contribution in [3.63, 3.8) is 0 Å². The lowest BCUT2D eigenvalue weighted by Crippen LogP contribution is -2.33. The molecule has 1 saturated heterocycles. The van der Waals surface area contributed by atoms with Gasteiger partial charge in [0.1, 0.15) is 11.3 Å². The monoisotopic (exact) mass is 393 g/mol. The Morgan fingerprint density at radius 3 is 2.90 bits per heavy atom. The van der Waals surface area contributed by atoms with Gasteiger partial charge in [0.15, 0.2) is 18.1 Å². The molecule has 0 bridgehead atoms. The molecule has 2 aliphatic heterocycles. The standard InChI is InChI=1S/C22H19NO6/c24-21(12-26-19-10-22(25)29-17-4-2-1-3-16(17)19)23-8-7-15(11-23)14-5-6-18-20(9-14)28-13-27-18/h1-6,9-10,15H,7-8,11-13H2/t15-/m1/s1. The van der Waals surface area contributed by atoms with Gasteiger partial charge in [-0.1, -0.05) is 18.2 Å². The van der Waals surface area contributed by atoms with Crippen LogP contribution in [0.25, 0.3) is 11.0 Å². The predicted molar refractivity (Wildman–Crippen MR) is 104 cm³/mol. The first-order valence-corrected chi connectivity index (χ1v) is 9.50. The Balaban J connectivity index is 1.25. The molecule has 7 nitrogen and oxygen atoms in total. The highest BCUT2D eigenvalue weighted by molar-refractivity contribution is 5.84. The first-order valence-electron chi connectivity index (χ1n) is 9.50. The molecule has 0 N–H and O–H groups in total. The SMILES string of the molecule is O=C(COc1cc(=O)oc2ccccc12)N1CC[C@@H](c2ccc3c(c2)OCO3)C1. The first kappa shape index (κ1) is 17.6. The zero-order chi connectivity index (χ0) is 19.8. The maximum atomic E-state index is 12.7. The van der Waals surface area contributed by atoms with Gasteiger partial charge in [0.2, 0.25) is 6.79 Å². The van der Waals surface area contributed by atoms with Gasteiger partial charge >= 0.3 is 5.63 Å². The Labute approximate surface area is 166 Å². The molecule has 1 fully saturated rings. The fourth-order valence-electron chi connectivity index (χ4n) is 3.86. The van der Waals surface area contributed by atoms with Crippen LogP contribution < -0.4 is 19.8 Å². The summed E-state index contributed by atoms with van der Waals surface area (Å²) in [7, 11) is 0. The van der Waals surface area contributed by atoms with Gasteiger partial charge in [-0.25, -0.2) is 4.79 Å². The Kier molecular flexibility index (Phi) is 4.35. The normalized spacial score (nSPS) is 17.7. The van der Waals surface area contributed by atoms with Crippen molar-refractivity contribution in [3.05, 3.63) is 64.5 Å². The molecule has 5 rings (SSSR count). The number of hydrogen-bond acceptors (Lipinski definition) is 6. The lowest BCUT2D eigenvalue weighted by molar-refractivity contribution is -0.132. The van der Waals surface area contributed by atoms with Crippen LogP contribution in [0.15, 0.2) is 57.7 Å². The molecule has 2 aliphatic rings. The van der Waals surface area contributed by atoms with Crippen LogP contribution >= 0.6 is 0 Å². The van der Waals surface area contributed by atoms with Crippen LogP contribution in [0.1, 0.15) is 17.9 Å². The average molecular weight is 393 g/mol. The van der Waals surface area contributed by atoms with Gasteiger partial charge in [-0.3, -0.25) is 4.79 Å². The number of para-hydroxylation sites is 1. The second-order valence-corrected chi connectivity index (χ2v) is 7.15. The Morgan fingerprint density at radius 2 is 1.97 bits per heavy atom. The molecule has 1 aromatic heterocycles. The summed E-state index contributed by atoms with van der Waals surface area (Å²) in [5.74, 6) is 2.01. The van der Waals surface area contributed by atoms with Crippen LogP contribution in [-0.2, 0) is 4.79 Å². The van der Waals surface area contributed by atoms with Crippen molar-refractivity contribution in [3.8, 4) is 17.2 Å². The van der Waals surface area contributed by atoms with Crippen LogP contribution in [-0.4, -0.2) is 37.3 Å². The van der Waals surface area contributed by atoms with Crippen LogP contribution in [0, 0.1) is 0 Å². The van der Waals surface area contributed by atoms with E-state index in [1.165, 1.54) is 6.07 Å². The number of likely N-dealkylation sites (tertiary alicyclic amines) is 1.